The molecule has 0 saturated heterocycles. The minimum atomic E-state index is -0.358. The zero-order chi connectivity index (χ0) is 13.0. The van der Waals surface area contributed by atoms with Crippen LogP contribution >= 0.6 is 11.8 Å². The lowest BCUT2D eigenvalue weighted by molar-refractivity contribution is 0.102. The molecule has 18 heavy (non-hydrogen) atoms. The summed E-state index contributed by atoms with van der Waals surface area (Å²) in [4.78, 5) is 13.0. The first-order valence-electron chi connectivity index (χ1n) is 5.63. The molecule has 2 aromatic carbocycles. The molecular formula is C15H13FOS. The van der Waals surface area contributed by atoms with Crippen molar-refractivity contribution in [1.29, 1.82) is 0 Å². The van der Waals surface area contributed by atoms with E-state index in [4.69, 9.17) is 0 Å². The lowest BCUT2D eigenvalue weighted by atomic mass is 10.1. The number of thioether (sulfide) groups is 1. The summed E-state index contributed by atoms with van der Waals surface area (Å²) in [5, 5.41) is 0. The quantitative estimate of drug-likeness (QED) is 0.608. The third-order valence-corrected chi connectivity index (χ3v) is 3.49. The van der Waals surface area contributed by atoms with E-state index < -0.39 is 0 Å². The van der Waals surface area contributed by atoms with Gasteiger partial charge in [-0.1, -0.05) is 18.2 Å². The Bertz CT molecular complexity index is 531. The van der Waals surface area contributed by atoms with E-state index >= 15 is 0 Å². The van der Waals surface area contributed by atoms with Crippen molar-refractivity contribution in [2.45, 2.75) is 11.8 Å². The molecule has 0 amide bonds. The molecule has 2 aromatic rings. The largest absolute Gasteiger partial charge is 0.293 e. The Morgan fingerprint density at radius 3 is 2.56 bits per heavy atom. The van der Waals surface area contributed by atoms with Gasteiger partial charge in [0.1, 0.15) is 5.82 Å². The number of Topliss-reactive ketones (excluding diaryl/α,β-unsaturated/α-hetero) is 1. The lowest BCUT2D eigenvalue weighted by Gasteiger charge is -2.03. The molecule has 0 aromatic heterocycles. The van der Waals surface area contributed by atoms with Gasteiger partial charge in [-0.15, -0.1) is 11.8 Å². The molecule has 0 aliphatic carbocycles. The zero-order valence-electron chi connectivity index (χ0n) is 10.0. The Balaban J connectivity index is 2.04. The summed E-state index contributed by atoms with van der Waals surface area (Å²) < 4.78 is 13.2. The molecule has 0 radical (unpaired) electrons. The van der Waals surface area contributed by atoms with Crippen LogP contribution in [0.4, 0.5) is 4.39 Å². The lowest BCUT2D eigenvalue weighted by Crippen LogP contribution is -2.03. The number of ketones is 1. The Kier molecular flexibility index (Phi) is 4.15. The molecule has 0 fully saturated rings. The summed E-state index contributed by atoms with van der Waals surface area (Å²) in [7, 11) is 0. The predicted octanol–water partition coefficient (Wildman–Crippen LogP) is 4.11. The Morgan fingerprint density at radius 1 is 1.17 bits per heavy atom. The van der Waals surface area contributed by atoms with Crippen molar-refractivity contribution in [2.24, 2.45) is 0 Å². The van der Waals surface area contributed by atoms with E-state index in [1.165, 1.54) is 23.9 Å². The maximum atomic E-state index is 13.2. The highest BCUT2D eigenvalue weighted by Gasteiger charge is 2.08. The van der Waals surface area contributed by atoms with Crippen LogP contribution in [0.5, 0.6) is 0 Å². The number of hydrogen-bond acceptors (Lipinski definition) is 2. The van der Waals surface area contributed by atoms with Gasteiger partial charge in [0, 0.05) is 10.5 Å². The first kappa shape index (κ1) is 12.8. The average Bonchev–Trinajstić information content (AvgIpc) is 2.36. The van der Waals surface area contributed by atoms with Gasteiger partial charge in [0.25, 0.3) is 0 Å². The van der Waals surface area contributed by atoms with Crippen molar-refractivity contribution in [2.75, 3.05) is 5.75 Å². The summed E-state index contributed by atoms with van der Waals surface area (Å²) >= 11 is 1.46. The second-order valence-electron chi connectivity index (χ2n) is 4.04. The van der Waals surface area contributed by atoms with Crippen molar-refractivity contribution in [3.05, 3.63) is 65.5 Å². The number of hydrogen-bond donors (Lipinski definition) is 0. The molecule has 92 valence electrons. The van der Waals surface area contributed by atoms with Crippen LogP contribution in [-0.2, 0) is 0 Å². The van der Waals surface area contributed by atoms with Crippen molar-refractivity contribution in [1.82, 2.24) is 0 Å². The van der Waals surface area contributed by atoms with E-state index in [0.29, 0.717) is 11.3 Å². The van der Waals surface area contributed by atoms with Gasteiger partial charge in [0.05, 0.1) is 5.75 Å². The summed E-state index contributed by atoms with van der Waals surface area (Å²) in [5.74, 6) is -0.0816. The minimum absolute atomic E-state index is 0.0496. The monoisotopic (exact) mass is 260 g/mol. The molecular weight excluding hydrogens is 247 g/mol. The molecule has 0 saturated carbocycles. The van der Waals surface area contributed by atoms with Crippen molar-refractivity contribution >= 4 is 17.5 Å². The van der Waals surface area contributed by atoms with Gasteiger partial charge < -0.3 is 0 Å². The molecule has 0 aliphatic rings. The van der Waals surface area contributed by atoms with Crippen molar-refractivity contribution in [3.8, 4) is 0 Å². The van der Waals surface area contributed by atoms with Crippen LogP contribution in [0.15, 0.2) is 53.4 Å². The van der Waals surface area contributed by atoms with Gasteiger partial charge in [-0.05, 0) is 42.8 Å². The number of benzene rings is 2. The van der Waals surface area contributed by atoms with E-state index in [1.54, 1.807) is 13.0 Å². The molecule has 0 unspecified atom stereocenters. The summed E-state index contributed by atoms with van der Waals surface area (Å²) in [6, 6.07) is 14.1. The Morgan fingerprint density at radius 2 is 1.89 bits per heavy atom. The standard InChI is InChI=1S/C15H13FOS/c1-11-7-12(9-13(16)8-11)15(17)10-18-14-5-3-2-4-6-14/h2-9H,10H2,1H3. The van der Waals surface area contributed by atoms with Crippen LogP contribution in [0.3, 0.4) is 0 Å². The maximum Gasteiger partial charge on any atom is 0.173 e. The predicted molar refractivity (Wildman–Crippen MR) is 72.6 cm³/mol. The van der Waals surface area contributed by atoms with Gasteiger partial charge in [-0.3, -0.25) is 4.79 Å². The first-order valence-corrected chi connectivity index (χ1v) is 6.62. The SMILES string of the molecule is Cc1cc(F)cc(C(=O)CSc2ccccc2)c1. The summed E-state index contributed by atoms with van der Waals surface area (Å²) in [6.07, 6.45) is 0. The fourth-order valence-corrected chi connectivity index (χ4v) is 2.46. The number of rotatable bonds is 4. The number of carbonyl (C=O) groups is 1. The van der Waals surface area contributed by atoms with Crippen LogP contribution in [0.1, 0.15) is 15.9 Å². The summed E-state index contributed by atoms with van der Waals surface area (Å²) in [6.45, 7) is 1.78. The van der Waals surface area contributed by atoms with E-state index in [1.807, 2.05) is 30.3 Å². The topological polar surface area (TPSA) is 17.1 Å². The first-order chi connectivity index (χ1) is 8.65. The van der Waals surface area contributed by atoms with Crippen LogP contribution in [0.2, 0.25) is 0 Å². The number of carbonyl (C=O) groups excluding carboxylic acids is 1. The fraction of sp³-hybridized carbons (Fsp3) is 0.133. The number of aryl methyl sites for hydroxylation is 1. The van der Waals surface area contributed by atoms with Gasteiger partial charge in [0.2, 0.25) is 0 Å². The highest BCUT2D eigenvalue weighted by atomic mass is 32.2. The Hall–Kier alpha value is -1.61. The maximum absolute atomic E-state index is 13.2. The molecule has 0 N–H and O–H groups in total. The molecule has 0 aliphatic heterocycles. The average molecular weight is 260 g/mol. The van der Waals surface area contributed by atoms with E-state index in [9.17, 15) is 9.18 Å². The molecule has 3 heteroatoms. The van der Waals surface area contributed by atoms with Crippen LogP contribution in [0, 0.1) is 12.7 Å². The van der Waals surface area contributed by atoms with Crippen molar-refractivity contribution in [3.63, 3.8) is 0 Å². The van der Waals surface area contributed by atoms with Gasteiger partial charge >= 0.3 is 0 Å². The molecule has 2 rings (SSSR count). The van der Waals surface area contributed by atoms with Gasteiger partial charge in [-0.25, -0.2) is 4.39 Å². The molecule has 0 bridgehead atoms. The van der Waals surface area contributed by atoms with Crippen LogP contribution in [0.25, 0.3) is 0 Å². The minimum Gasteiger partial charge on any atom is -0.293 e. The normalized spacial score (nSPS) is 10.3. The van der Waals surface area contributed by atoms with Crippen LogP contribution in [-0.4, -0.2) is 11.5 Å². The molecule has 0 spiro atoms. The third-order valence-electron chi connectivity index (χ3n) is 2.48. The van der Waals surface area contributed by atoms with Gasteiger partial charge in [0.15, 0.2) is 5.78 Å². The fourth-order valence-electron chi connectivity index (χ4n) is 1.65. The molecule has 0 atom stereocenters. The summed E-state index contributed by atoms with van der Waals surface area (Å²) in [5.41, 5.74) is 1.21. The second-order valence-corrected chi connectivity index (χ2v) is 5.09. The highest BCUT2D eigenvalue weighted by molar-refractivity contribution is 8.00. The second kappa shape index (κ2) is 5.83. The smallest absolute Gasteiger partial charge is 0.173 e. The molecule has 0 heterocycles. The third kappa shape index (κ3) is 3.44. The van der Waals surface area contributed by atoms with Gasteiger partial charge in [-0.2, -0.15) is 0 Å². The number of halogens is 1. The zero-order valence-corrected chi connectivity index (χ0v) is 10.8. The highest BCUT2D eigenvalue weighted by Crippen LogP contribution is 2.19. The molecule has 1 nitrogen and oxygen atoms in total. The Labute approximate surface area is 110 Å². The van der Waals surface area contributed by atoms with E-state index in [2.05, 4.69) is 0 Å². The van der Waals surface area contributed by atoms with Crippen LogP contribution < -0.4 is 0 Å². The van der Waals surface area contributed by atoms with Crippen molar-refractivity contribution < 1.29 is 9.18 Å². The van der Waals surface area contributed by atoms with E-state index in [0.717, 1.165) is 10.5 Å². The van der Waals surface area contributed by atoms with E-state index in [-0.39, 0.29) is 11.6 Å².